The zero-order valence-corrected chi connectivity index (χ0v) is 20.5. The molecule has 0 radical (unpaired) electrons. The largest absolute Gasteiger partial charge is 0.348 e. The fourth-order valence-electron chi connectivity index (χ4n) is 4.08. The standard InChI is InChI=1S/C25H29Cl2N5O/c1-18-23(24(27)32(29-18)17-21-8-3-4-9-22(21)26)25(33)28-15-19-6-5-7-20(14-19)16-31-12-10-30(2)11-13-31/h3-9,14H,10-13,15-17H2,1-2H3,(H,28,33). The maximum atomic E-state index is 12.9. The quantitative estimate of drug-likeness (QED) is 0.544. The number of amides is 1. The van der Waals surface area contributed by atoms with E-state index in [9.17, 15) is 4.79 Å². The monoisotopic (exact) mass is 485 g/mol. The fraction of sp³-hybridized carbons (Fsp3) is 0.360. The first-order valence-electron chi connectivity index (χ1n) is 11.1. The molecule has 2 aromatic carbocycles. The number of benzene rings is 2. The van der Waals surface area contributed by atoms with E-state index in [4.69, 9.17) is 23.2 Å². The van der Waals surface area contributed by atoms with Gasteiger partial charge >= 0.3 is 0 Å². The Morgan fingerprint density at radius 3 is 2.48 bits per heavy atom. The molecule has 6 nitrogen and oxygen atoms in total. The molecule has 4 rings (SSSR count). The Kier molecular flexibility index (Phi) is 7.71. The molecule has 1 saturated heterocycles. The molecule has 1 aliphatic heterocycles. The number of rotatable bonds is 7. The second-order valence-corrected chi connectivity index (χ2v) is 9.35. The molecule has 1 aromatic heterocycles. The number of piperazine rings is 1. The first-order chi connectivity index (χ1) is 15.9. The molecule has 1 amide bonds. The van der Waals surface area contributed by atoms with Crippen LogP contribution in [-0.4, -0.2) is 58.7 Å². The zero-order valence-electron chi connectivity index (χ0n) is 19.0. The molecule has 1 fully saturated rings. The first-order valence-corrected chi connectivity index (χ1v) is 11.9. The molecule has 0 saturated carbocycles. The Labute approximate surface area is 205 Å². The molecule has 1 aliphatic rings. The predicted octanol–water partition coefficient (Wildman–Crippen LogP) is 4.22. The van der Waals surface area contributed by atoms with Crippen LogP contribution in [0.5, 0.6) is 0 Å². The molecule has 2 heterocycles. The average molecular weight is 486 g/mol. The van der Waals surface area contributed by atoms with Gasteiger partial charge in [-0.15, -0.1) is 0 Å². The van der Waals surface area contributed by atoms with E-state index in [2.05, 4.69) is 39.4 Å². The molecular formula is C25H29Cl2N5O. The summed E-state index contributed by atoms with van der Waals surface area (Å²) in [5.41, 5.74) is 4.21. The minimum Gasteiger partial charge on any atom is -0.348 e. The number of likely N-dealkylation sites (N-methyl/N-ethyl adjacent to an activating group) is 1. The van der Waals surface area contributed by atoms with Crippen LogP contribution >= 0.6 is 23.2 Å². The molecule has 3 aromatic rings. The Morgan fingerprint density at radius 2 is 1.73 bits per heavy atom. The van der Waals surface area contributed by atoms with Gasteiger partial charge in [0.2, 0.25) is 0 Å². The highest BCUT2D eigenvalue weighted by Crippen LogP contribution is 2.23. The van der Waals surface area contributed by atoms with Crippen LogP contribution in [0.3, 0.4) is 0 Å². The van der Waals surface area contributed by atoms with Gasteiger partial charge < -0.3 is 10.2 Å². The number of aryl methyl sites for hydroxylation is 1. The Hall–Kier alpha value is -2.38. The van der Waals surface area contributed by atoms with Crippen molar-refractivity contribution >= 4 is 29.1 Å². The third kappa shape index (κ3) is 5.95. The lowest BCUT2D eigenvalue weighted by molar-refractivity contribution is 0.0950. The van der Waals surface area contributed by atoms with Gasteiger partial charge in [0, 0.05) is 44.3 Å². The summed E-state index contributed by atoms with van der Waals surface area (Å²) in [4.78, 5) is 17.8. The number of nitrogens with one attached hydrogen (secondary N) is 1. The van der Waals surface area contributed by atoms with E-state index in [1.165, 1.54) is 5.56 Å². The topological polar surface area (TPSA) is 53.4 Å². The normalized spacial score (nSPS) is 15.0. The van der Waals surface area contributed by atoms with E-state index in [0.29, 0.717) is 34.5 Å². The van der Waals surface area contributed by atoms with Gasteiger partial charge in [0.1, 0.15) is 5.15 Å². The number of hydrogen-bond donors (Lipinski definition) is 1. The summed E-state index contributed by atoms with van der Waals surface area (Å²) < 4.78 is 1.61. The van der Waals surface area contributed by atoms with Crippen LogP contribution in [0.1, 0.15) is 32.7 Å². The van der Waals surface area contributed by atoms with E-state index in [1.54, 1.807) is 11.6 Å². The van der Waals surface area contributed by atoms with Gasteiger partial charge in [0.05, 0.1) is 17.8 Å². The van der Waals surface area contributed by atoms with Crippen LogP contribution < -0.4 is 5.32 Å². The molecule has 174 valence electrons. The van der Waals surface area contributed by atoms with Crippen molar-refractivity contribution in [3.05, 3.63) is 86.7 Å². The van der Waals surface area contributed by atoms with Gasteiger partial charge in [0.25, 0.3) is 5.91 Å². The van der Waals surface area contributed by atoms with Crippen LogP contribution in [0.15, 0.2) is 48.5 Å². The number of aromatic nitrogens is 2. The van der Waals surface area contributed by atoms with Gasteiger partial charge in [0.15, 0.2) is 0 Å². The fourth-order valence-corrected chi connectivity index (χ4v) is 4.59. The van der Waals surface area contributed by atoms with E-state index in [-0.39, 0.29) is 5.91 Å². The highest BCUT2D eigenvalue weighted by Gasteiger charge is 2.21. The van der Waals surface area contributed by atoms with E-state index < -0.39 is 0 Å². The Bertz CT molecular complexity index is 1120. The second kappa shape index (κ2) is 10.7. The van der Waals surface area contributed by atoms with Crippen molar-refractivity contribution < 1.29 is 4.79 Å². The maximum absolute atomic E-state index is 12.9. The highest BCUT2D eigenvalue weighted by atomic mass is 35.5. The lowest BCUT2D eigenvalue weighted by atomic mass is 10.1. The van der Waals surface area contributed by atoms with Crippen molar-refractivity contribution in [2.45, 2.75) is 26.6 Å². The van der Waals surface area contributed by atoms with Gasteiger partial charge in [-0.3, -0.25) is 9.69 Å². The van der Waals surface area contributed by atoms with Crippen LogP contribution in [-0.2, 0) is 19.6 Å². The number of nitrogens with zero attached hydrogens (tertiary/aromatic N) is 4. The third-order valence-corrected chi connectivity index (χ3v) is 6.77. The Morgan fingerprint density at radius 1 is 1.00 bits per heavy atom. The summed E-state index contributed by atoms with van der Waals surface area (Å²) in [7, 11) is 2.16. The van der Waals surface area contributed by atoms with Gasteiger partial charge in [-0.1, -0.05) is 65.7 Å². The zero-order chi connectivity index (χ0) is 23.4. The van der Waals surface area contributed by atoms with Crippen LogP contribution in [0.25, 0.3) is 0 Å². The van der Waals surface area contributed by atoms with Crippen molar-refractivity contribution in [1.82, 2.24) is 24.9 Å². The molecule has 0 spiro atoms. The van der Waals surface area contributed by atoms with Crippen molar-refractivity contribution in [2.75, 3.05) is 33.2 Å². The molecule has 1 N–H and O–H groups in total. The van der Waals surface area contributed by atoms with Crippen LogP contribution in [0.4, 0.5) is 0 Å². The summed E-state index contributed by atoms with van der Waals surface area (Å²) in [6.45, 7) is 7.90. The van der Waals surface area contributed by atoms with Crippen molar-refractivity contribution in [2.24, 2.45) is 0 Å². The Balaban J connectivity index is 1.39. The predicted molar refractivity (Wildman–Crippen MR) is 133 cm³/mol. The van der Waals surface area contributed by atoms with Crippen molar-refractivity contribution in [1.29, 1.82) is 0 Å². The lowest BCUT2D eigenvalue weighted by Crippen LogP contribution is -2.43. The average Bonchev–Trinajstić information content (AvgIpc) is 3.08. The maximum Gasteiger partial charge on any atom is 0.256 e. The molecule has 0 atom stereocenters. The van der Waals surface area contributed by atoms with Crippen LogP contribution in [0.2, 0.25) is 10.2 Å². The molecule has 0 unspecified atom stereocenters. The summed E-state index contributed by atoms with van der Waals surface area (Å²) in [5, 5.41) is 8.42. The minimum atomic E-state index is -0.229. The molecule has 33 heavy (non-hydrogen) atoms. The van der Waals surface area contributed by atoms with Gasteiger partial charge in [-0.2, -0.15) is 5.10 Å². The summed E-state index contributed by atoms with van der Waals surface area (Å²) in [6.07, 6.45) is 0. The second-order valence-electron chi connectivity index (χ2n) is 8.58. The SMILES string of the molecule is Cc1nn(Cc2ccccc2Cl)c(Cl)c1C(=O)NCc1cccc(CN2CCN(C)CC2)c1. The van der Waals surface area contributed by atoms with E-state index in [1.807, 2.05) is 36.4 Å². The summed E-state index contributed by atoms with van der Waals surface area (Å²) in [5.74, 6) is -0.229. The molecule has 0 bridgehead atoms. The van der Waals surface area contributed by atoms with Gasteiger partial charge in [-0.25, -0.2) is 4.68 Å². The minimum absolute atomic E-state index is 0.229. The summed E-state index contributed by atoms with van der Waals surface area (Å²) >= 11 is 12.8. The highest BCUT2D eigenvalue weighted by molar-refractivity contribution is 6.33. The van der Waals surface area contributed by atoms with Crippen LogP contribution in [0, 0.1) is 6.92 Å². The number of halogens is 2. The third-order valence-electron chi connectivity index (χ3n) is 6.02. The first kappa shape index (κ1) is 23.8. The number of carbonyl (C=O) groups is 1. The van der Waals surface area contributed by atoms with E-state index >= 15 is 0 Å². The summed E-state index contributed by atoms with van der Waals surface area (Å²) in [6, 6.07) is 15.9. The van der Waals surface area contributed by atoms with E-state index in [0.717, 1.165) is 43.9 Å². The molecule has 0 aliphatic carbocycles. The lowest BCUT2D eigenvalue weighted by Gasteiger charge is -2.32. The van der Waals surface area contributed by atoms with Crippen molar-refractivity contribution in [3.63, 3.8) is 0 Å². The smallest absolute Gasteiger partial charge is 0.256 e. The number of hydrogen-bond acceptors (Lipinski definition) is 4. The van der Waals surface area contributed by atoms with Crippen molar-refractivity contribution in [3.8, 4) is 0 Å². The van der Waals surface area contributed by atoms with Gasteiger partial charge in [-0.05, 0) is 36.7 Å². The number of carbonyl (C=O) groups excluding carboxylic acids is 1. The molecule has 8 heteroatoms. The molecular weight excluding hydrogens is 457 g/mol.